The molecule has 1 aliphatic rings. The molecule has 5 nitrogen and oxygen atoms in total. The first-order valence-corrected chi connectivity index (χ1v) is 10.9. The van der Waals surface area contributed by atoms with Crippen LogP contribution in [-0.2, 0) is 9.59 Å². The number of hydrogen-bond donors (Lipinski definition) is 1. The van der Waals surface area contributed by atoms with Crippen LogP contribution in [0.15, 0.2) is 40.8 Å². The standard InChI is InChI=1S/C15H13BrN2O3S3/c1-7(2)11(14(20)21)18-12(19)10(16)13(18)23-24-15-17-8-5-3-4-6-9(8)22-15/h3-6,10-11,13H,1H2,2H3,(H,20,21)/t10-,11+,13+/m0/s1. The largest absolute Gasteiger partial charge is 0.479 e. The van der Waals surface area contributed by atoms with E-state index in [-0.39, 0.29) is 11.3 Å². The minimum Gasteiger partial charge on any atom is -0.479 e. The van der Waals surface area contributed by atoms with Crippen LogP contribution < -0.4 is 0 Å². The van der Waals surface area contributed by atoms with Crippen molar-refractivity contribution in [3.8, 4) is 0 Å². The van der Waals surface area contributed by atoms with E-state index in [4.69, 9.17) is 0 Å². The van der Waals surface area contributed by atoms with E-state index in [1.807, 2.05) is 24.3 Å². The second-order valence-electron chi connectivity index (χ2n) is 5.25. The average Bonchev–Trinajstić information content (AvgIpc) is 2.95. The van der Waals surface area contributed by atoms with Gasteiger partial charge in [-0.15, -0.1) is 11.3 Å². The predicted molar refractivity (Wildman–Crippen MR) is 103 cm³/mol. The van der Waals surface area contributed by atoms with Gasteiger partial charge in [0.05, 0.1) is 10.2 Å². The minimum absolute atomic E-state index is 0.229. The molecule has 0 radical (unpaired) electrons. The Morgan fingerprint density at radius 1 is 1.50 bits per heavy atom. The Labute approximate surface area is 159 Å². The van der Waals surface area contributed by atoms with E-state index in [1.165, 1.54) is 26.5 Å². The van der Waals surface area contributed by atoms with Gasteiger partial charge in [-0.05, 0) is 35.4 Å². The van der Waals surface area contributed by atoms with Crippen molar-refractivity contribution in [1.29, 1.82) is 0 Å². The van der Waals surface area contributed by atoms with Crippen molar-refractivity contribution in [2.24, 2.45) is 0 Å². The van der Waals surface area contributed by atoms with Crippen LogP contribution >= 0.6 is 48.9 Å². The van der Waals surface area contributed by atoms with Crippen molar-refractivity contribution in [3.63, 3.8) is 0 Å². The van der Waals surface area contributed by atoms with Gasteiger partial charge in [-0.3, -0.25) is 4.79 Å². The second kappa shape index (κ2) is 7.07. The monoisotopic (exact) mass is 444 g/mol. The maximum Gasteiger partial charge on any atom is 0.330 e. The van der Waals surface area contributed by atoms with Crippen LogP contribution in [0, 0.1) is 0 Å². The molecule has 2 heterocycles. The molecule has 24 heavy (non-hydrogen) atoms. The van der Waals surface area contributed by atoms with Crippen molar-refractivity contribution in [1.82, 2.24) is 9.88 Å². The van der Waals surface area contributed by atoms with Gasteiger partial charge in [-0.2, -0.15) is 0 Å². The number of benzene rings is 1. The summed E-state index contributed by atoms with van der Waals surface area (Å²) in [5.41, 5.74) is 1.37. The first-order valence-electron chi connectivity index (χ1n) is 6.93. The Morgan fingerprint density at radius 2 is 2.21 bits per heavy atom. The van der Waals surface area contributed by atoms with Crippen LogP contribution in [0.3, 0.4) is 0 Å². The van der Waals surface area contributed by atoms with Gasteiger partial charge < -0.3 is 10.0 Å². The third kappa shape index (κ3) is 3.22. The van der Waals surface area contributed by atoms with E-state index in [9.17, 15) is 14.7 Å². The molecule has 0 saturated carbocycles. The summed E-state index contributed by atoms with van der Waals surface area (Å²) in [4.78, 5) is 29.1. The number of carboxylic acids is 1. The molecule has 3 rings (SSSR count). The highest BCUT2D eigenvalue weighted by atomic mass is 79.9. The van der Waals surface area contributed by atoms with Gasteiger partial charge >= 0.3 is 5.97 Å². The first-order chi connectivity index (χ1) is 11.4. The van der Waals surface area contributed by atoms with Gasteiger partial charge in [0.1, 0.15) is 10.2 Å². The Hall–Kier alpha value is -1.03. The molecule has 2 aromatic rings. The van der Waals surface area contributed by atoms with E-state index in [0.717, 1.165) is 14.6 Å². The van der Waals surface area contributed by atoms with E-state index in [2.05, 4.69) is 27.5 Å². The first kappa shape index (κ1) is 17.8. The lowest BCUT2D eigenvalue weighted by atomic mass is 10.0. The second-order valence-corrected chi connectivity index (χ2v) is 9.83. The van der Waals surface area contributed by atoms with Gasteiger partial charge in [0.2, 0.25) is 5.91 Å². The number of para-hydroxylation sites is 1. The van der Waals surface area contributed by atoms with Crippen molar-refractivity contribution in [3.05, 3.63) is 36.4 Å². The lowest BCUT2D eigenvalue weighted by Gasteiger charge is -2.46. The number of halogens is 1. The van der Waals surface area contributed by atoms with Gasteiger partial charge in [-0.1, -0.05) is 45.4 Å². The summed E-state index contributed by atoms with van der Waals surface area (Å²) in [6.07, 6.45) is 0. The number of carbonyl (C=O) groups is 2. The molecule has 1 amide bonds. The lowest BCUT2D eigenvalue weighted by molar-refractivity contribution is -0.154. The maximum atomic E-state index is 12.1. The van der Waals surface area contributed by atoms with Crippen LogP contribution in [0.1, 0.15) is 6.92 Å². The third-order valence-corrected chi connectivity index (χ3v) is 8.76. The van der Waals surface area contributed by atoms with E-state index in [1.54, 1.807) is 18.3 Å². The number of carbonyl (C=O) groups excluding carboxylic acids is 1. The van der Waals surface area contributed by atoms with Crippen molar-refractivity contribution in [2.45, 2.75) is 27.5 Å². The zero-order chi connectivity index (χ0) is 17.4. The van der Waals surface area contributed by atoms with Crippen LogP contribution in [0.2, 0.25) is 0 Å². The number of β-lactam (4-membered cyclic amide) rings is 1. The summed E-state index contributed by atoms with van der Waals surface area (Å²) in [5, 5.41) is 9.10. The number of aromatic nitrogens is 1. The molecular weight excluding hydrogens is 432 g/mol. The zero-order valence-corrected chi connectivity index (χ0v) is 16.5. The number of amides is 1. The summed E-state index contributed by atoms with van der Waals surface area (Å²) in [6, 6.07) is 6.87. The van der Waals surface area contributed by atoms with Gasteiger partial charge in [-0.25, -0.2) is 9.78 Å². The Kier molecular flexibility index (Phi) is 5.24. The number of thiazole rings is 1. The Bertz CT molecular complexity index is 778. The highest BCUT2D eigenvalue weighted by Gasteiger charge is 2.52. The maximum absolute atomic E-state index is 12.1. The van der Waals surface area contributed by atoms with Crippen LogP contribution in [-0.4, -0.2) is 43.1 Å². The van der Waals surface area contributed by atoms with Crippen LogP contribution in [0.4, 0.5) is 0 Å². The average molecular weight is 445 g/mol. The fraction of sp³-hybridized carbons (Fsp3) is 0.267. The number of nitrogens with zero attached hydrogens (tertiary/aromatic N) is 2. The molecule has 3 atom stereocenters. The highest BCUT2D eigenvalue weighted by Crippen LogP contribution is 2.47. The van der Waals surface area contributed by atoms with Gasteiger partial charge in [0, 0.05) is 0 Å². The molecule has 1 aromatic carbocycles. The molecule has 1 saturated heterocycles. The molecule has 1 N–H and O–H groups in total. The Balaban J connectivity index is 1.74. The minimum atomic E-state index is -1.06. The van der Waals surface area contributed by atoms with E-state index < -0.39 is 16.8 Å². The summed E-state index contributed by atoms with van der Waals surface area (Å²) < 4.78 is 1.98. The van der Waals surface area contributed by atoms with Crippen molar-refractivity contribution < 1.29 is 14.7 Å². The number of fused-ring (bicyclic) bond motifs is 1. The van der Waals surface area contributed by atoms with E-state index >= 15 is 0 Å². The summed E-state index contributed by atoms with van der Waals surface area (Å²) in [5.74, 6) is -1.29. The summed E-state index contributed by atoms with van der Waals surface area (Å²) >= 11 is 4.92. The van der Waals surface area contributed by atoms with E-state index in [0.29, 0.717) is 5.57 Å². The summed E-state index contributed by atoms with van der Waals surface area (Å²) in [6.45, 7) is 5.33. The fourth-order valence-electron chi connectivity index (χ4n) is 2.36. The highest BCUT2D eigenvalue weighted by molar-refractivity contribution is 9.10. The fourth-order valence-corrected chi connectivity index (χ4v) is 7.48. The Morgan fingerprint density at radius 3 is 2.83 bits per heavy atom. The number of rotatable bonds is 6. The number of hydrogen-bond acceptors (Lipinski definition) is 6. The van der Waals surface area contributed by atoms with Crippen LogP contribution in [0.25, 0.3) is 10.2 Å². The number of alkyl halides is 1. The van der Waals surface area contributed by atoms with Crippen LogP contribution in [0.5, 0.6) is 0 Å². The smallest absolute Gasteiger partial charge is 0.330 e. The molecule has 1 fully saturated rings. The lowest BCUT2D eigenvalue weighted by Crippen LogP contribution is -2.65. The quantitative estimate of drug-likeness (QED) is 0.314. The SMILES string of the molecule is C=C(C)[C@H](C(=O)O)N1C(=O)[C@H](Br)[C@H]1SSc1nc2ccccc2s1. The van der Waals surface area contributed by atoms with Gasteiger partial charge in [0.15, 0.2) is 10.4 Å². The van der Waals surface area contributed by atoms with Gasteiger partial charge in [0.25, 0.3) is 0 Å². The predicted octanol–water partition coefficient (Wildman–Crippen LogP) is 4.00. The topological polar surface area (TPSA) is 70.5 Å². The molecule has 9 heteroatoms. The van der Waals surface area contributed by atoms with Crippen molar-refractivity contribution >= 4 is 70.9 Å². The molecule has 1 aromatic heterocycles. The molecule has 0 unspecified atom stereocenters. The number of aliphatic carboxylic acids is 1. The molecular formula is C15H13BrN2O3S3. The molecule has 0 spiro atoms. The normalized spacial score (nSPS) is 21.6. The molecule has 0 aliphatic carbocycles. The molecule has 0 bridgehead atoms. The number of carboxylic acid groups (broad SMARTS) is 1. The third-order valence-electron chi connectivity index (χ3n) is 3.49. The zero-order valence-electron chi connectivity index (χ0n) is 12.5. The molecule has 126 valence electrons. The van der Waals surface area contributed by atoms with Crippen molar-refractivity contribution in [2.75, 3.05) is 0 Å². The molecule has 1 aliphatic heterocycles. The summed E-state index contributed by atoms with van der Waals surface area (Å²) in [7, 11) is 2.89. The number of likely N-dealkylation sites (tertiary alicyclic amines) is 1.